The van der Waals surface area contributed by atoms with Crippen LogP contribution in [0.1, 0.15) is 92.2 Å². The SMILES string of the molecule is CC(C)C[C@H]1C(=O)NC[C@H](NC(=O)Cc2cc(=O)oc3cc(O)ccc23)C(=O)N(C)[C@@H](CC(C)C)C(=O)N(C)CC(=O)N(C)[C@@H](CC(C)C)C(=O)NC[C@H](NC(=O)Cc2cc(=O)oc3cc(O)ccc23)C(=O)N(C)[C@@H](CC(C)C)C(=O)N(C)CC(=O)N1C. The molecule has 1 fully saturated rings. The lowest BCUT2D eigenvalue weighted by atomic mass is 9.99. The fraction of sp³-hybridized carbons (Fsp3) is 0.548. The van der Waals surface area contributed by atoms with Gasteiger partial charge in [0, 0.05) is 90.4 Å². The summed E-state index contributed by atoms with van der Waals surface area (Å²) in [6.07, 6.45) is -0.727. The molecule has 0 radical (unpaired) electrons. The molecule has 0 saturated carbocycles. The Morgan fingerprint density at radius 1 is 0.477 bits per heavy atom. The van der Waals surface area contributed by atoms with Gasteiger partial charge in [-0.2, -0.15) is 0 Å². The molecule has 4 aromatic rings. The molecule has 88 heavy (non-hydrogen) atoms. The van der Waals surface area contributed by atoms with Gasteiger partial charge in [-0.3, -0.25) is 47.9 Å². The number of carbonyl (C=O) groups is 10. The van der Waals surface area contributed by atoms with Crippen LogP contribution in [0.3, 0.4) is 0 Å². The molecule has 26 nitrogen and oxygen atoms in total. The van der Waals surface area contributed by atoms with E-state index in [1.165, 1.54) is 78.7 Å². The van der Waals surface area contributed by atoms with Gasteiger partial charge in [-0.1, -0.05) is 55.4 Å². The third-order valence-electron chi connectivity index (χ3n) is 15.4. The lowest BCUT2D eigenvalue weighted by Gasteiger charge is -2.36. The first-order valence-electron chi connectivity index (χ1n) is 29.4. The predicted octanol–water partition coefficient (Wildman–Crippen LogP) is 1.72. The molecule has 0 spiro atoms. The minimum atomic E-state index is -1.59. The molecule has 6 atom stereocenters. The summed E-state index contributed by atoms with van der Waals surface area (Å²) in [7, 11) is 8.09. The normalized spacial score (nSPS) is 20.9. The van der Waals surface area contributed by atoms with Crippen LogP contribution in [-0.2, 0) is 60.8 Å². The van der Waals surface area contributed by atoms with E-state index in [1.54, 1.807) is 27.7 Å². The second kappa shape index (κ2) is 30.7. The maximum Gasteiger partial charge on any atom is 0.336 e. The highest BCUT2D eigenvalue weighted by molar-refractivity contribution is 5.98. The minimum Gasteiger partial charge on any atom is -0.508 e. The first-order valence-corrected chi connectivity index (χ1v) is 29.4. The maximum absolute atomic E-state index is 15.0. The highest BCUT2D eigenvalue weighted by Crippen LogP contribution is 2.25. The number of phenolic OH excluding ortho intramolecular Hbond substituents is 2. The van der Waals surface area contributed by atoms with Crippen molar-refractivity contribution in [2.24, 2.45) is 23.7 Å². The fourth-order valence-corrected chi connectivity index (χ4v) is 10.6. The number of aromatic hydroxyl groups is 2. The van der Waals surface area contributed by atoms with E-state index in [0.29, 0.717) is 10.8 Å². The number of carbonyl (C=O) groups excluding carboxylic acids is 10. The van der Waals surface area contributed by atoms with E-state index in [0.717, 1.165) is 41.5 Å². The van der Waals surface area contributed by atoms with E-state index in [9.17, 15) is 67.7 Å². The Hall–Kier alpha value is -8.84. The summed E-state index contributed by atoms with van der Waals surface area (Å²) in [6.45, 7) is 12.1. The molecule has 0 unspecified atom stereocenters. The van der Waals surface area contributed by atoms with Crippen molar-refractivity contribution in [1.82, 2.24) is 50.7 Å². The lowest BCUT2D eigenvalue weighted by molar-refractivity contribution is -0.150. The van der Waals surface area contributed by atoms with Crippen molar-refractivity contribution in [3.63, 3.8) is 0 Å². The molecule has 10 amide bonds. The van der Waals surface area contributed by atoms with E-state index in [1.807, 2.05) is 27.7 Å². The quantitative estimate of drug-likeness (QED) is 0.0979. The van der Waals surface area contributed by atoms with Gasteiger partial charge in [-0.25, -0.2) is 9.59 Å². The maximum atomic E-state index is 15.0. The monoisotopic (exact) mass is 1230 g/mol. The van der Waals surface area contributed by atoms with Crippen molar-refractivity contribution < 1.29 is 67.0 Å². The van der Waals surface area contributed by atoms with Gasteiger partial charge in [0.1, 0.15) is 58.9 Å². The summed E-state index contributed by atoms with van der Waals surface area (Å²) in [4.78, 5) is 177. The van der Waals surface area contributed by atoms with Gasteiger partial charge in [0.15, 0.2) is 0 Å². The molecule has 2 aromatic heterocycles. The van der Waals surface area contributed by atoms with E-state index < -0.39 is 146 Å². The largest absolute Gasteiger partial charge is 0.508 e. The lowest BCUT2D eigenvalue weighted by Crippen LogP contribution is -2.60. The second-order valence-corrected chi connectivity index (χ2v) is 24.5. The average Bonchev–Trinajstić information content (AvgIpc) is 1.05. The third kappa shape index (κ3) is 18.6. The first kappa shape index (κ1) is 69.9. The van der Waals surface area contributed by atoms with E-state index in [-0.39, 0.29) is 83.1 Å². The Bertz CT molecular complexity index is 3160. The van der Waals surface area contributed by atoms with Gasteiger partial charge in [-0.15, -0.1) is 0 Å². The summed E-state index contributed by atoms with van der Waals surface area (Å²) in [5.74, 6) is -8.88. The molecule has 0 bridgehead atoms. The van der Waals surface area contributed by atoms with Crippen molar-refractivity contribution in [2.75, 3.05) is 68.5 Å². The second-order valence-electron chi connectivity index (χ2n) is 24.5. The molecule has 1 saturated heterocycles. The Morgan fingerprint density at radius 2 is 0.795 bits per heavy atom. The summed E-state index contributed by atoms with van der Waals surface area (Å²) in [6, 6.07) is 1.96. The number of amides is 10. The van der Waals surface area contributed by atoms with Crippen molar-refractivity contribution >= 4 is 81.0 Å². The van der Waals surface area contributed by atoms with Crippen LogP contribution in [-0.4, -0.2) is 203 Å². The van der Waals surface area contributed by atoms with Crippen molar-refractivity contribution in [1.29, 1.82) is 0 Å². The number of nitrogens with one attached hydrogen (secondary N) is 4. The Labute approximate surface area is 511 Å². The third-order valence-corrected chi connectivity index (χ3v) is 15.4. The standard InChI is InChI=1S/C62H86N10O16/c1-33(2)19-45-57(81)63-29-43(65-51(75)23-37-25-55(79)87-49-27-39(73)15-17-41(37)49)59(83)71(13)48(22-36(7)8)62(86)68(10)32-54(78)70(12)46(20-34(3)4)58(82)64-30-44(66-52(76)24-38-26-56(80)88-50-28-40(74)16-18-42(38)50)60(84)72(14)47(21-35(5)6)61(85)67(9)31-53(77)69(45)11/h15-18,25-28,33-36,43-48,73-74H,19-24,29-32H2,1-14H3,(H,63,81)(H,64,82)(H,65,75)(H,66,76)/t43-,44-,45-,46-,47-,48-/m0/s1. The van der Waals surface area contributed by atoms with Gasteiger partial charge < -0.3 is 69.7 Å². The number of rotatable bonds is 14. The minimum absolute atomic E-state index is 0.00977. The fourth-order valence-electron chi connectivity index (χ4n) is 10.6. The zero-order chi connectivity index (χ0) is 65.8. The zero-order valence-corrected chi connectivity index (χ0v) is 52.8. The van der Waals surface area contributed by atoms with Gasteiger partial charge in [0.25, 0.3) is 0 Å². The molecule has 0 aliphatic carbocycles. The van der Waals surface area contributed by atoms with E-state index in [2.05, 4.69) is 21.3 Å². The molecule has 6 N–H and O–H groups in total. The van der Waals surface area contributed by atoms with Crippen molar-refractivity contribution in [2.45, 2.75) is 130 Å². The highest BCUT2D eigenvalue weighted by atomic mass is 16.4. The molecular formula is C62H86N10O16. The highest BCUT2D eigenvalue weighted by Gasteiger charge is 2.40. The van der Waals surface area contributed by atoms with Crippen LogP contribution >= 0.6 is 0 Å². The Kier molecular flexibility index (Phi) is 24.4. The zero-order valence-electron chi connectivity index (χ0n) is 52.8. The number of likely N-dealkylation sites (N-methyl/N-ethyl adjacent to an activating group) is 6. The molecule has 3 heterocycles. The van der Waals surface area contributed by atoms with Crippen LogP contribution in [0.4, 0.5) is 0 Å². The topological polar surface area (TPSA) is 339 Å². The van der Waals surface area contributed by atoms with Gasteiger partial charge in [-0.05, 0) is 84.7 Å². The van der Waals surface area contributed by atoms with Crippen LogP contribution in [0.2, 0.25) is 0 Å². The van der Waals surface area contributed by atoms with Gasteiger partial charge in [0.2, 0.25) is 59.1 Å². The van der Waals surface area contributed by atoms with Gasteiger partial charge >= 0.3 is 11.3 Å². The molecule has 5 rings (SSSR count). The number of fused-ring (bicyclic) bond motifs is 2. The van der Waals surface area contributed by atoms with Crippen LogP contribution in [0, 0.1) is 23.7 Å². The Morgan fingerprint density at radius 3 is 1.11 bits per heavy atom. The van der Waals surface area contributed by atoms with Crippen LogP contribution in [0.5, 0.6) is 11.5 Å². The molecule has 1 aliphatic rings. The summed E-state index contributed by atoms with van der Waals surface area (Å²) in [5, 5.41) is 31.6. The Balaban J connectivity index is 1.59. The predicted molar refractivity (Wildman–Crippen MR) is 325 cm³/mol. The molecular weight excluding hydrogens is 1140 g/mol. The summed E-state index contributed by atoms with van der Waals surface area (Å²) in [5.41, 5.74) is -1.31. The van der Waals surface area contributed by atoms with E-state index in [4.69, 9.17) is 8.83 Å². The number of benzene rings is 2. The van der Waals surface area contributed by atoms with Crippen molar-refractivity contribution in [3.8, 4) is 11.5 Å². The number of hydrogen-bond donors (Lipinski definition) is 6. The number of phenols is 2. The van der Waals surface area contributed by atoms with E-state index >= 15 is 0 Å². The molecule has 26 heteroatoms. The number of nitrogens with zero attached hydrogens (tertiary/aromatic N) is 6. The summed E-state index contributed by atoms with van der Waals surface area (Å²) >= 11 is 0. The van der Waals surface area contributed by atoms with Crippen LogP contribution in [0.15, 0.2) is 67.0 Å². The molecule has 1 aliphatic heterocycles. The first-order chi connectivity index (χ1) is 41.2. The molecule has 480 valence electrons. The van der Waals surface area contributed by atoms with Crippen molar-refractivity contribution in [3.05, 3.63) is 80.5 Å². The number of hydrogen-bond acceptors (Lipinski definition) is 16. The van der Waals surface area contributed by atoms with Gasteiger partial charge in [0.05, 0.1) is 25.9 Å². The summed E-state index contributed by atoms with van der Waals surface area (Å²) < 4.78 is 10.5. The molecule has 2 aromatic carbocycles. The van der Waals surface area contributed by atoms with Crippen LogP contribution < -0.4 is 32.5 Å². The van der Waals surface area contributed by atoms with Crippen LogP contribution in [0.25, 0.3) is 21.9 Å². The smallest absolute Gasteiger partial charge is 0.336 e. The average molecular weight is 1230 g/mol.